The van der Waals surface area contributed by atoms with Crippen LogP contribution >= 0.6 is 23.1 Å². The number of hydrogen-bond donors (Lipinski definition) is 3. The van der Waals surface area contributed by atoms with Crippen molar-refractivity contribution in [1.82, 2.24) is 15.5 Å². The highest BCUT2D eigenvalue weighted by atomic mass is 32.2. The lowest BCUT2D eigenvalue weighted by Crippen LogP contribution is -2.38. The molecule has 0 radical (unpaired) electrons. The van der Waals surface area contributed by atoms with Crippen molar-refractivity contribution in [2.45, 2.75) is 29.9 Å². The Balaban J connectivity index is 1.81. The van der Waals surface area contributed by atoms with Crippen LogP contribution in [-0.2, 0) is 4.79 Å². The quantitative estimate of drug-likeness (QED) is 0.652. The summed E-state index contributed by atoms with van der Waals surface area (Å²) in [5.41, 5.74) is 0.624. The number of nitrogens with zero attached hydrogens (tertiary/aromatic N) is 2. The van der Waals surface area contributed by atoms with Crippen LogP contribution in [0.3, 0.4) is 0 Å². The molecule has 0 bridgehead atoms. The molecule has 1 aromatic heterocycles. The van der Waals surface area contributed by atoms with Crippen LogP contribution in [-0.4, -0.2) is 33.9 Å². The van der Waals surface area contributed by atoms with E-state index in [4.69, 9.17) is 0 Å². The molecular weight excluding hydrogens is 346 g/mol. The number of hydrogen-bond acceptors (Lipinski definition) is 7. The van der Waals surface area contributed by atoms with Crippen LogP contribution in [0.4, 0.5) is 15.6 Å². The van der Waals surface area contributed by atoms with E-state index < -0.39 is 11.3 Å². The second-order valence-corrected chi connectivity index (χ2v) is 7.43. The van der Waals surface area contributed by atoms with Crippen LogP contribution in [0.2, 0.25) is 0 Å². The molecule has 24 heavy (non-hydrogen) atoms. The summed E-state index contributed by atoms with van der Waals surface area (Å²) >= 11 is 2.66. The Kier molecular flexibility index (Phi) is 7.01. The fourth-order valence-electron chi connectivity index (χ4n) is 1.66. The van der Waals surface area contributed by atoms with Crippen molar-refractivity contribution in [3.63, 3.8) is 0 Å². The Morgan fingerprint density at radius 2 is 2.00 bits per heavy atom. The van der Waals surface area contributed by atoms with E-state index in [9.17, 15) is 9.59 Å². The SMILES string of the molecule is CCCNc1nnc(S[C@@H](C)C(=O)NC(=O)Nc2ccccc2)s1. The molecule has 0 aliphatic carbocycles. The first-order valence-corrected chi connectivity index (χ1v) is 9.19. The molecule has 0 spiro atoms. The van der Waals surface area contributed by atoms with E-state index >= 15 is 0 Å². The number of benzene rings is 1. The van der Waals surface area contributed by atoms with E-state index in [-0.39, 0.29) is 5.91 Å². The number of amides is 3. The zero-order chi connectivity index (χ0) is 17.4. The van der Waals surface area contributed by atoms with Gasteiger partial charge in [-0.05, 0) is 25.5 Å². The highest BCUT2D eigenvalue weighted by Crippen LogP contribution is 2.28. The summed E-state index contributed by atoms with van der Waals surface area (Å²) in [5.74, 6) is -0.383. The maximum atomic E-state index is 12.1. The van der Waals surface area contributed by atoms with Gasteiger partial charge in [0.25, 0.3) is 0 Å². The average molecular weight is 365 g/mol. The molecular formula is C15H19N5O2S2. The number of para-hydroxylation sites is 1. The number of carbonyl (C=O) groups is 2. The van der Waals surface area contributed by atoms with Gasteiger partial charge in [0, 0.05) is 12.2 Å². The minimum absolute atomic E-state index is 0.383. The monoisotopic (exact) mass is 365 g/mol. The lowest BCUT2D eigenvalue weighted by molar-refractivity contribution is -0.119. The Labute approximate surface area is 148 Å². The second-order valence-electron chi connectivity index (χ2n) is 4.87. The normalized spacial score (nSPS) is 11.6. The summed E-state index contributed by atoms with van der Waals surface area (Å²) in [6, 6.07) is 8.38. The van der Waals surface area contributed by atoms with Crippen LogP contribution in [0.15, 0.2) is 34.7 Å². The van der Waals surface area contributed by atoms with Gasteiger partial charge in [0.2, 0.25) is 11.0 Å². The molecule has 3 N–H and O–H groups in total. The fraction of sp³-hybridized carbons (Fsp3) is 0.333. The summed E-state index contributed by atoms with van der Waals surface area (Å²) < 4.78 is 0.680. The minimum atomic E-state index is -0.554. The molecule has 128 valence electrons. The van der Waals surface area contributed by atoms with Crippen molar-refractivity contribution in [3.8, 4) is 0 Å². The van der Waals surface area contributed by atoms with Crippen molar-refractivity contribution in [2.24, 2.45) is 0 Å². The number of anilines is 2. The van der Waals surface area contributed by atoms with Gasteiger partial charge in [0.15, 0.2) is 4.34 Å². The summed E-state index contributed by atoms with van der Waals surface area (Å²) in [7, 11) is 0. The van der Waals surface area contributed by atoms with Gasteiger partial charge in [-0.15, -0.1) is 10.2 Å². The minimum Gasteiger partial charge on any atom is -0.360 e. The van der Waals surface area contributed by atoms with Crippen molar-refractivity contribution < 1.29 is 9.59 Å². The number of imide groups is 1. The Hall–Kier alpha value is -2.13. The van der Waals surface area contributed by atoms with E-state index in [1.165, 1.54) is 23.1 Å². The standard InChI is InChI=1S/C15H19N5O2S2/c1-3-9-16-14-19-20-15(24-14)23-10(2)12(21)18-13(22)17-11-7-5-4-6-8-11/h4-8,10H,3,9H2,1-2H3,(H,16,19)(H2,17,18,21,22)/t10-/m0/s1. The van der Waals surface area contributed by atoms with Crippen molar-refractivity contribution in [3.05, 3.63) is 30.3 Å². The molecule has 0 saturated heterocycles. The number of urea groups is 1. The van der Waals surface area contributed by atoms with Gasteiger partial charge < -0.3 is 10.6 Å². The molecule has 7 nitrogen and oxygen atoms in total. The van der Waals surface area contributed by atoms with Gasteiger partial charge >= 0.3 is 6.03 Å². The first-order valence-electron chi connectivity index (χ1n) is 7.49. The van der Waals surface area contributed by atoms with Gasteiger partial charge in [-0.1, -0.05) is 48.2 Å². The molecule has 1 aromatic carbocycles. The number of nitrogens with one attached hydrogen (secondary N) is 3. The number of rotatable bonds is 7. The van der Waals surface area contributed by atoms with E-state index in [0.29, 0.717) is 10.0 Å². The van der Waals surface area contributed by atoms with Crippen molar-refractivity contribution in [2.75, 3.05) is 17.2 Å². The van der Waals surface area contributed by atoms with E-state index in [0.717, 1.165) is 18.1 Å². The molecule has 0 aliphatic heterocycles. The first kappa shape index (κ1) is 18.2. The topological polar surface area (TPSA) is 96.0 Å². The highest BCUT2D eigenvalue weighted by molar-refractivity contribution is 8.02. The molecule has 2 rings (SSSR count). The van der Waals surface area contributed by atoms with E-state index in [1.807, 2.05) is 6.07 Å². The van der Waals surface area contributed by atoms with Crippen LogP contribution in [0, 0.1) is 0 Å². The largest absolute Gasteiger partial charge is 0.360 e. The highest BCUT2D eigenvalue weighted by Gasteiger charge is 2.19. The summed E-state index contributed by atoms with van der Waals surface area (Å²) in [5, 5.41) is 16.4. The van der Waals surface area contributed by atoms with E-state index in [2.05, 4.69) is 33.1 Å². The van der Waals surface area contributed by atoms with Gasteiger partial charge in [-0.25, -0.2) is 4.79 Å². The van der Waals surface area contributed by atoms with Gasteiger partial charge in [-0.2, -0.15) is 0 Å². The summed E-state index contributed by atoms with van der Waals surface area (Å²) in [6.07, 6.45) is 0.997. The number of thioether (sulfide) groups is 1. The molecule has 0 unspecified atom stereocenters. The first-order chi connectivity index (χ1) is 11.6. The Morgan fingerprint density at radius 3 is 2.71 bits per heavy atom. The molecule has 1 atom stereocenters. The Bertz CT molecular complexity index is 678. The molecule has 3 amide bonds. The number of aromatic nitrogens is 2. The molecule has 9 heteroatoms. The maximum absolute atomic E-state index is 12.1. The third kappa shape index (κ3) is 5.82. The van der Waals surface area contributed by atoms with Crippen LogP contribution < -0.4 is 16.0 Å². The maximum Gasteiger partial charge on any atom is 0.325 e. The van der Waals surface area contributed by atoms with E-state index in [1.54, 1.807) is 31.2 Å². The third-order valence-electron chi connectivity index (χ3n) is 2.85. The molecule has 1 heterocycles. The molecule has 0 aliphatic rings. The van der Waals surface area contributed by atoms with Crippen molar-refractivity contribution in [1.29, 1.82) is 0 Å². The van der Waals surface area contributed by atoms with Crippen LogP contribution in [0.1, 0.15) is 20.3 Å². The smallest absolute Gasteiger partial charge is 0.325 e. The third-order valence-corrected chi connectivity index (χ3v) is 4.91. The lowest BCUT2D eigenvalue weighted by Gasteiger charge is -2.10. The van der Waals surface area contributed by atoms with Crippen molar-refractivity contribution >= 4 is 45.9 Å². The van der Waals surface area contributed by atoms with Gasteiger partial charge in [-0.3, -0.25) is 10.1 Å². The number of carbonyl (C=O) groups excluding carboxylic acids is 2. The van der Waals surface area contributed by atoms with Gasteiger partial charge in [0.1, 0.15) is 0 Å². The summed E-state index contributed by atoms with van der Waals surface area (Å²) in [4.78, 5) is 23.9. The Morgan fingerprint density at radius 1 is 1.25 bits per heavy atom. The second kappa shape index (κ2) is 9.24. The lowest BCUT2D eigenvalue weighted by atomic mass is 10.3. The predicted octanol–water partition coefficient (Wildman–Crippen LogP) is 3.19. The molecule has 0 saturated carbocycles. The summed E-state index contributed by atoms with van der Waals surface area (Å²) in [6.45, 7) is 4.61. The zero-order valence-corrected chi connectivity index (χ0v) is 15.0. The molecule has 2 aromatic rings. The molecule has 0 fully saturated rings. The zero-order valence-electron chi connectivity index (χ0n) is 13.4. The van der Waals surface area contributed by atoms with Crippen LogP contribution in [0.5, 0.6) is 0 Å². The van der Waals surface area contributed by atoms with Crippen LogP contribution in [0.25, 0.3) is 0 Å². The van der Waals surface area contributed by atoms with Gasteiger partial charge in [0.05, 0.1) is 5.25 Å². The predicted molar refractivity (Wildman–Crippen MR) is 97.6 cm³/mol. The average Bonchev–Trinajstić information content (AvgIpc) is 3.01. The fourth-order valence-corrected chi connectivity index (χ4v) is 3.58.